The van der Waals surface area contributed by atoms with Crippen LogP contribution in [-0.4, -0.2) is 17.1 Å². The van der Waals surface area contributed by atoms with Crippen molar-refractivity contribution in [1.29, 1.82) is 0 Å². The van der Waals surface area contributed by atoms with Crippen LogP contribution in [0.25, 0.3) is 16.3 Å². The second-order valence-corrected chi connectivity index (χ2v) is 8.19. The zero-order valence-electron chi connectivity index (χ0n) is 13.5. The summed E-state index contributed by atoms with van der Waals surface area (Å²) in [4.78, 5) is 19.3. The number of anilines is 1. The van der Waals surface area contributed by atoms with E-state index in [1.54, 1.807) is 35.0 Å². The molecule has 1 aromatic carbocycles. The van der Waals surface area contributed by atoms with Crippen LogP contribution in [0.15, 0.2) is 70.5 Å². The van der Waals surface area contributed by atoms with Crippen molar-refractivity contribution in [2.45, 2.75) is 0 Å². The number of nitrogens with zero attached hydrogens (tertiary/aromatic N) is 3. The van der Waals surface area contributed by atoms with Gasteiger partial charge < -0.3 is 0 Å². The van der Waals surface area contributed by atoms with Gasteiger partial charge in [0.1, 0.15) is 0 Å². The van der Waals surface area contributed by atoms with Gasteiger partial charge in [-0.05, 0) is 41.1 Å². The minimum Gasteiger partial charge on any atom is -0.267 e. The Morgan fingerprint density at radius 2 is 1.77 bits per heavy atom. The van der Waals surface area contributed by atoms with Gasteiger partial charge in [-0.1, -0.05) is 35.6 Å². The van der Waals surface area contributed by atoms with Crippen molar-refractivity contribution >= 4 is 67.6 Å². The number of amides is 1. The van der Waals surface area contributed by atoms with Gasteiger partial charge in [0, 0.05) is 15.8 Å². The average molecular weight is 396 g/mol. The third-order valence-corrected chi connectivity index (χ3v) is 6.11. The molecule has 3 heterocycles. The standard InChI is InChI=1S/C19H13N3OS3/c23-18(10-9-14-5-3-11-24-14)22(20-13-15-6-4-12-25-15)19-21-16-7-1-2-8-17(16)26-19/h1-13H/b10-9+,20-13+. The third kappa shape index (κ3) is 3.80. The Hall–Kier alpha value is -2.61. The number of hydrogen-bond acceptors (Lipinski definition) is 6. The van der Waals surface area contributed by atoms with Crippen molar-refractivity contribution in [2.24, 2.45) is 5.10 Å². The molecule has 0 saturated carbocycles. The molecule has 0 unspecified atom stereocenters. The molecular formula is C19H13N3OS3. The fourth-order valence-electron chi connectivity index (χ4n) is 2.24. The van der Waals surface area contributed by atoms with E-state index in [9.17, 15) is 4.79 Å². The van der Waals surface area contributed by atoms with Gasteiger partial charge >= 0.3 is 0 Å². The predicted octanol–water partition coefficient (Wildman–Crippen LogP) is 5.50. The van der Waals surface area contributed by atoms with Crippen molar-refractivity contribution < 1.29 is 4.79 Å². The predicted molar refractivity (Wildman–Crippen MR) is 112 cm³/mol. The molecule has 0 N–H and O–H groups in total. The second-order valence-electron chi connectivity index (χ2n) is 5.22. The molecule has 128 valence electrons. The number of aromatic nitrogens is 1. The van der Waals surface area contributed by atoms with Crippen LogP contribution in [0.1, 0.15) is 9.75 Å². The van der Waals surface area contributed by atoms with E-state index in [0.29, 0.717) is 5.13 Å². The molecule has 4 rings (SSSR count). The van der Waals surface area contributed by atoms with Gasteiger partial charge in [0.2, 0.25) is 5.13 Å². The number of para-hydroxylation sites is 1. The lowest BCUT2D eigenvalue weighted by molar-refractivity contribution is -0.114. The second kappa shape index (κ2) is 7.74. The van der Waals surface area contributed by atoms with Gasteiger partial charge in [0.05, 0.1) is 16.4 Å². The Morgan fingerprint density at radius 1 is 1.00 bits per heavy atom. The van der Waals surface area contributed by atoms with E-state index in [1.807, 2.05) is 59.3 Å². The first kappa shape index (κ1) is 16.8. The van der Waals surface area contributed by atoms with E-state index in [1.165, 1.54) is 22.4 Å². The number of thiazole rings is 1. The lowest BCUT2D eigenvalue weighted by atomic mass is 10.3. The van der Waals surface area contributed by atoms with E-state index < -0.39 is 0 Å². The molecule has 7 heteroatoms. The van der Waals surface area contributed by atoms with Crippen LogP contribution in [0.5, 0.6) is 0 Å². The van der Waals surface area contributed by atoms with Crippen molar-refractivity contribution in [2.75, 3.05) is 5.01 Å². The third-order valence-electron chi connectivity index (χ3n) is 3.45. The van der Waals surface area contributed by atoms with Crippen LogP contribution in [0.2, 0.25) is 0 Å². The van der Waals surface area contributed by atoms with E-state index in [2.05, 4.69) is 10.1 Å². The Kier molecular flexibility index (Phi) is 5.01. The maximum Gasteiger partial charge on any atom is 0.273 e. The summed E-state index contributed by atoms with van der Waals surface area (Å²) in [6, 6.07) is 15.6. The molecule has 0 aliphatic carbocycles. The molecule has 4 nitrogen and oxygen atoms in total. The largest absolute Gasteiger partial charge is 0.273 e. The van der Waals surface area contributed by atoms with Crippen molar-refractivity contribution in [3.8, 4) is 0 Å². The van der Waals surface area contributed by atoms with Crippen LogP contribution in [0.4, 0.5) is 5.13 Å². The van der Waals surface area contributed by atoms with Crippen LogP contribution in [0.3, 0.4) is 0 Å². The van der Waals surface area contributed by atoms with Gasteiger partial charge in [-0.2, -0.15) is 10.1 Å². The molecule has 0 spiro atoms. The summed E-state index contributed by atoms with van der Waals surface area (Å²) >= 11 is 4.59. The highest BCUT2D eigenvalue weighted by atomic mass is 32.1. The number of thiophene rings is 2. The van der Waals surface area contributed by atoms with Gasteiger partial charge in [-0.25, -0.2) is 4.98 Å². The number of carbonyl (C=O) groups is 1. The summed E-state index contributed by atoms with van der Waals surface area (Å²) in [7, 11) is 0. The van der Waals surface area contributed by atoms with Crippen LogP contribution in [-0.2, 0) is 4.79 Å². The molecular weight excluding hydrogens is 382 g/mol. The summed E-state index contributed by atoms with van der Waals surface area (Å²) in [5.74, 6) is -0.231. The Labute approximate surface area is 162 Å². The van der Waals surface area contributed by atoms with Gasteiger partial charge in [0.15, 0.2) is 0 Å². The fraction of sp³-hybridized carbons (Fsp3) is 0. The summed E-state index contributed by atoms with van der Waals surface area (Å²) in [6.45, 7) is 0. The maximum atomic E-state index is 12.8. The summed E-state index contributed by atoms with van der Waals surface area (Å²) in [6.07, 6.45) is 5.02. The van der Waals surface area contributed by atoms with Gasteiger partial charge in [0.25, 0.3) is 5.91 Å². The highest BCUT2D eigenvalue weighted by Gasteiger charge is 2.17. The van der Waals surface area contributed by atoms with E-state index in [0.717, 1.165) is 20.0 Å². The Morgan fingerprint density at radius 3 is 2.50 bits per heavy atom. The molecule has 1 amide bonds. The van der Waals surface area contributed by atoms with Crippen molar-refractivity contribution in [3.05, 3.63) is 75.1 Å². The van der Waals surface area contributed by atoms with Gasteiger partial charge in [-0.15, -0.1) is 22.7 Å². The topological polar surface area (TPSA) is 45.6 Å². The number of fused-ring (bicyclic) bond motifs is 1. The Bertz CT molecular complexity index is 1030. The zero-order chi connectivity index (χ0) is 17.8. The van der Waals surface area contributed by atoms with Gasteiger partial charge in [-0.3, -0.25) is 4.79 Å². The summed E-state index contributed by atoms with van der Waals surface area (Å²) < 4.78 is 1.02. The minimum atomic E-state index is -0.231. The summed E-state index contributed by atoms with van der Waals surface area (Å²) in [5.41, 5.74) is 0.860. The summed E-state index contributed by atoms with van der Waals surface area (Å²) in [5, 5.41) is 10.3. The first-order valence-electron chi connectivity index (χ1n) is 7.78. The molecule has 0 fully saturated rings. The molecule has 3 aromatic heterocycles. The first-order chi connectivity index (χ1) is 12.8. The van der Waals surface area contributed by atoms with E-state index >= 15 is 0 Å². The molecule has 4 aromatic rings. The highest BCUT2D eigenvalue weighted by molar-refractivity contribution is 7.22. The Balaban J connectivity index is 1.67. The van der Waals surface area contributed by atoms with Crippen LogP contribution in [0, 0.1) is 0 Å². The SMILES string of the molecule is O=C(/C=C/c1cccs1)N(/N=C/c1cccs1)c1nc2ccccc2s1. The smallest absolute Gasteiger partial charge is 0.267 e. The maximum absolute atomic E-state index is 12.8. The van der Waals surface area contributed by atoms with E-state index in [4.69, 9.17) is 0 Å². The quantitative estimate of drug-likeness (QED) is 0.254. The monoisotopic (exact) mass is 395 g/mol. The number of rotatable bonds is 5. The lowest BCUT2D eigenvalue weighted by Gasteiger charge is -2.10. The molecule has 0 saturated heterocycles. The highest BCUT2D eigenvalue weighted by Crippen LogP contribution is 2.29. The number of hydrazone groups is 1. The van der Waals surface area contributed by atoms with Crippen molar-refractivity contribution in [3.63, 3.8) is 0 Å². The van der Waals surface area contributed by atoms with Crippen molar-refractivity contribution in [1.82, 2.24) is 4.98 Å². The van der Waals surface area contributed by atoms with Crippen LogP contribution < -0.4 is 5.01 Å². The minimum absolute atomic E-state index is 0.231. The molecule has 0 aliphatic rings. The first-order valence-corrected chi connectivity index (χ1v) is 10.4. The normalized spacial score (nSPS) is 11.7. The molecule has 0 aliphatic heterocycles. The molecule has 0 radical (unpaired) electrons. The molecule has 26 heavy (non-hydrogen) atoms. The number of hydrogen-bond donors (Lipinski definition) is 0. The molecule has 0 atom stereocenters. The fourth-order valence-corrected chi connectivity index (χ4v) is 4.37. The van der Waals surface area contributed by atoms with Crippen LogP contribution >= 0.6 is 34.0 Å². The van der Waals surface area contributed by atoms with E-state index in [-0.39, 0.29) is 5.91 Å². The zero-order valence-corrected chi connectivity index (χ0v) is 15.9. The number of benzene rings is 1. The average Bonchev–Trinajstić information content (AvgIpc) is 3.40. The lowest BCUT2D eigenvalue weighted by Crippen LogP contribution is -2.23. The molecule has 0 bridgehead atoms. The number of carbonyl (C=O) groups excluding carboxylic acids is 1.